The number of anilines is 1. The number of carbonyl (C=O) groups is 2. The lowest BCUT2D eigenvalue weighted by Gasteiger charge is -2.16. The van der Waals surface area contributed by atoms with Gasteiger partial charge in [0.25, 0.3) is 5.91 Å². The van der Waals surface area contributed by atoms with Gasteiger partial charge in [-0.05, 0) is 84.4 Å². The molecule has 0 aliphatic carbocycles. The molecule has 0 bridgehead atoms. The summed E-state index contributed by atoms with van der Waals surface area (Å²) in [4.78, 5) is 25.0. The van der Waals surface area contributed by atoms with E-state index in [2.05, 4.69) is 5.32 Å². The van der Waals surface area contributed by atoms with E-state index in [1.165, 1.54) is 7.11 Å². The molecule has 4 rings (SSSR count). The average molecular weight is 568 g/mol. The lowest BCUT2D eigenvalue weighted by molar-refractivity contribution is -0.136. The second kappa shape index (κ2) is 12.7. The first kappa shape index (κ1) is 27.4. The second-order valence-electron chi connectivity index (χ2n) is 8.18. The maximum atomic E-state index is 12.8. The predicted molar refractivity (Wildman–Crippen MR) is 151 cm³/mol. The molecule has 1 amide bonds. The quantitative estimate of drug-likeness (QED) is 0.189. The topological polar surface area (TPSA) is 84.9 Å². The van der Waals surface area contributed by atoms with Gasteiger partial charge in [0.1, 0.15) is 5.75 Å². The normalized spacial score (nSPS) is 10.6. The van der Waals surface area contributed by atoms with Crippen molar-refractivity contribution in [1.82, 2.24) is 0 Å². The van der Waals surface area contributed by atoms with E-state index in [0.29, 0.717) is 49.9 Å². The highest BCUT2D eigenvalue weighted by atomic mass is 35.5. The van der Waals surface area contributed by atoms with Gasteiger partial charge in [-0.3, -0.25) is 9.59 Å². The van der Waals surface area contributed by atoms with Gasteiger partial charge in [0.05, 0.1) is 13.5 Å². The van der Waals surface area contributed by atoms with E-state index in [0.717, 1.165) is 10.5 Å². The van der Waals surface area contributed by atoms with E-state index >= 15 is 0 Å². The Balaban J connectivity index is 1.63. The van der Waals surface area contributed by atoms with Gasteiger partial charge in [-0.2, -0.15) is 0 Å². The van der Waals surface area contributed by atoms with Gasteiger partial charge in [-0.25, -0.2) is 0 Å². The Morgan fingerprint density at radius 2 is 1.50 bits per heavy atom. The number of benzene rings is 4. The number of carboxylic acid groups (broad SMARTS) is 1. The largest absolute Gasteiger partial charge is 0.493 e. The molecule has 0 fully saturated rings. The minimum absolute atomic E-state index is 0.144. The Morgan fingerprint density at radius 3 is 2.16 bits per heavy atom. The summed E-state index contributed by atoms with van der Waals surface area (Å²) in [5, 5.41) is 13.3. The number of thioether (sulfide) groups is 1. The first-order valence-corrected chi connectivity index (χ1v) is 13.2. The van der Waals surface area contributed by atoms with E-state index in [4.69, 9.17) is 32.7 Å². The zero-order valence-corrected chi connectivity index (χ0v) is 22.6. The molecule has 4 aromatic carbocycles. The molecular weight excluding hydrogens is 545 g/mol. The van der Waals surface area contributed by atoms with Crippen molar-refractivity contribution >= 4 is 52.5 Å². The molecule has 0 saturated carbocycles. The fraction of sp³-hybridized carbons (Fsp3) is 0.103. The molecule has 2 N–H and O–H groups in total. The summed E-state index contributed by atoms with van der Waals surface area (Å²) in [6.45, 7) is 0. The third kappa shape index (κ3) is 7.44. The number of ether oxygens (including phenoxy) is 2. The Morgan fingerprint density at radius 1 is 0.842 bits per heavy atom. The van der Waals surface area contributed by atoms with Crippen molar-refractivity contribution in [2.45, 2.75) is 17.1 Å². The van der Waals surface area contributed by atoms with E-state index in [-0.39, 0.29) is 12.3 Å². The first-order valence-electron chi connectivity index (χ1n) is 11.5. The van der Waals surface area contributed by atoms with Gasteiger partial charge in [-0.15, -0.1) is 11.8 Å². The molecule has 0 aromatic heterocycles. The monoisotopic (exact) mass is 567 g/mol. The van der Waals surface area contributed by atoms with E-state index < -0.39 is 5.97 Å². The van der Waals surface area contributed by atoms with E-state index in [1.807, 2.05) is 30.3 Å². The van der Waals surface area contributed by atoms with Gasteiger partial charge in [-0.1, -0.05) is 29.3 Å². The van der Waals surface area contributed by atoms with Gasteiger partial charge < -0.3 is 19.9 Å². The maximum absolute atomic E-state index is 12.8. The Labute approximate surface area is 234 Å². The third-order valence-corrected chi connectivity index (χ3v) is 7.00. The van der Waals surface area contributed by atoms with Crippen LogP contribution < -0.4 is 14.8 Å². The zero-order chi connectivity index (χ0) is 27.1. The molecule has 0 unspecified atom stereocenters. The lowest BCUT2D eigenvalue weighted by Crippen LogP contribution is -2.12. The average Bonchev–Trinajstić information content (AvgIpc) is 2.90. The molecule has 0 radical (unpaired) electrons. The standard InChI is InChI=1S/C29H23Cl2NO5S/c1-36-26-12-2-18(15-28(33)34)14-27(26)37-25-13-9-23(32-29(35)19-3-5-21(30)6-4-19)16-20(25)17-38-24-10-7-22(31)8-11-24/h2-14,16H,15,17H2,1H3,(H,32,35)(H,33,34). The molecule has 4 aromatic rings. The smallest absolute Gasteiger partial charge is 0.307 e. The molecular formula is C29H23Cl2NO5S. The molecule has 0 saturated heterocycles. The molecule has 38 heavy (non-hydrogen) atoms. The van der Waals surface area contributed by atoms with Crippen molar-refractivity contribution in [3.63, 3.8) is 0 Å². The number of hydrogen-bond acceptors (Lipinski definition) is 5. The highest BCUT2D eigenvalue weighted by molar-refractivity contribution is 7.98. The summed E-state index contributed by atoms with van der Waals surface area (Å²) >= 11 is 13.5. The van der Waals surface area contributed by atoms with Crippen LogP contribution in [0, 0.1) is 0 Å². The summed E-state index contributed by atoms with van der Waals surface area (Å²) in [5.41, 5.74) is 2.46. The van der Waals surface area contributed by atoms with E-state index in [9.17, 15) is 14.7 Å². The number of halogens is 2. The number of nitrogens with one attached hydrogen (secondary N) is 1. The van der Waals surface area contributed by atoms with Crippen molar-refractivity contribution in [2.24, 2.45) is 0 Å². The van der Waals surface area contributed by atoms with Crippen molar-refractivity contribution < 1.29 is 24.2 Å². The number of aliphatic carboxylic acids is 1. The van der Waals surface area contributed by atoms with Crippen LogP contribution in [0.4, 0.5) is 5.69 Å². The van der Waals surface area contributed by atoms with Crippen LogP contribution in [0.3, 0.4) is 0 Å². The molecule has 0 heterocycles. The number of hydrogen-bond donors (Lipinski definition) is 2. The van der Waals surface area contributed by atoms with Crippen LogP contribution in [0.1, 0.15) is 21.5 Å². The van der Waals surface area contributed by atoms with Gasteiger partial charge in [0.2, 0.25) is 0 Å². The Hall–Kier alpha value is -3.65. The summed E-state index contributed by atoms with van der Waals surface area (Å²) in [6, 6.07) is 24.5. The number of amides is 1. The van der Waals surface area contributed by atoms with Crippen molar-refractivity contribution in [3.8, 4) is 17.2 Å². The van der Waals surface area contributed by atoms with Gasteiger partial charge in [0.15, 0.2) is 11.5 Å². The molecule has 0 spiro atoms. The highest BCUT2D eigenvalue weighted by Gasteiger charge is 2.14. The van der Waals surface area contributed by atoms with Crippen LogP contribution >= 0.6 is 35.0 Å². The predicted octanol–water partition coefficient (Wildman–Crippen LogP) is 7.97. The summed E-state index contributed by atoms with van der Waals surface area (Å²) in [6.07, 6.45) is -0.144. The third-order valence-electron chi connectivity index (χ3n) is 5.44. The van der Waals surface area contributed by atoms with Crippen molar-refractivity contribution in [3.05, 3.63) is 112 Å². The molecule has 0 aliphatic rings. The molecule has 0 atom stereocenters. The summed E-state index contributed by atoms with van der Waals surface area (Å²) in [5.74, 6) is 0.717. The van der Waals surface area contributed by atoms with Crippen molar-refractivity contribution in [1.29, 1.82) is 0 Å². The van der Waals surface area contributed by atoms with Crippen LogP contribution in [0.2, 0.25) is 10.0 Å². The fourth-order valence-corrected chi connectivity index (χ4v) is 4.70. The number of rotatable bonds is 10. The highest BCUT2D eigenvalue weighted by Crippen LogP contribution is 2.37. The van der Waals surface area contributed by atoms with Crippen LogP contribution in [0.15, 0.2) is 89.8 Å². The fourth-order valence-electron chi connectivity index (χ4n) is 3.57. The first-order chi connectivity index (χ1) is 18.3. The Bertz CT molecular complexity index is 1440. The minimum Gasteiger partial charge on any atom is -0.493 e. The Kier molecular flexibility index (Phi) is 9.18. The molecule has 6 nitrogen and oxygen atoms in total. The second-order valence-corrected chi connectivity index (χ2v) is 10.1. The molecule has 194 valence electrons. The van der Waals surface area contributed by atoms with Crippen molar-refractivity contribution in [2.75, 3.05) is 12.4 Å². The summed E-state index contributed by atoms with van der Waals surface area (Å²) < 4.78 is 11.7. The number of methoxy groups -OCH3 is 1. The van der Waals surface area contributed by atoms with Gasteiger partial charge >= 0.3 is 5.97 Å². The molecule has 0 aliphatic heterocycles. The lowest BCUT2D eigenvalue weighted by atomic mass is 10.1. The number of carbonyl (C=O) groups excluding carboxylic acids is 1. The summed E-state index contributed by atoms with van der Waals surface area (Å²) in [7, 11) is 1.52. The van der Waals surface area contributed by atoms with Crippen LogP contribution in [-0.4, -0.2) is 24.1 Å². The van der Waals surface area contributed by atoms with Crippen LogP contribution in [-0.2, 0) is 17.0 Å². The number of carboxylic acids is 1. The van der Waals surface area contributed by atoms with Gasteiger partial charge in [0, 0.05) is 37.5 Å². The van der Waals surface area contributed by atoms with Crippen LogP contribution in [0.25, 0.3) is 0 Å². The van der Waals surface area contributed by atoms with Crippen LogP contribution in [0.5, 0.6) is 17.2 Å². The minimum atomic E-state index is -0.943. The van der Waals surface area contributed by atoms with E-state index in [1.54, 1.807) is 66.4 Å². The molecule has 9 heteroatoms. The maximum Gasteiger partial charge on any atom is 0.307 e. The SMILES string of the molecule is COc1ccc(CC(=O)O)cc1Oc1ccc(NC(=O)c2ccc(Cl)cc2)cc1CSc1ccc(Cl)cc1. The zero-order valence-electron chi connectivity index (χ0n) is 20.2.